The van der Waals surface area contributed by atoms with Crippen LogP contribution in [0.25, 0.3) is 0 Å². The molecule has 1 unspecified atom stereocenters. The summed E-state index contributed by atoms with van der Waals surface area (Å²) in [5, 5.41) is 2.96. The van der Waals surface area contributed by atoms with Crippen molar-refractivity contribution in [2.45, 2.75) is 33.7 Å². The Hall–Kier alpha value is -2.49. The number of benzene rings is 2. The molecule has 1 N–H and O–H groups in total. The van der Waals surface area contributed by atoms with Crippen LogP contribution in [0.5, 0.6) is 11.5 Å². The molecule has 1 atom stereocenters. The molecule has 1 amide bonds. The maximum atomic E-state index is 12.1. The van der Waals surface area contributed by atoms with Crippen LogP contribution in [-0.2, 0) is 4.79 Å². The van der Waals surface area contributed by atoms with E-state index in [0.29, 0.717) is 12.4 Å². The monoisotopic (exact) mass is 327 g/mol. The fraction of sp³-hybridized carbons (Fsp3) is 0.350. The number of hydrogen-bond acceptors (Lipinski definition) is 3. The SMILES string of the molecule is CCOc1ccc(OCC(=O)NC(C)c2ccc(C)c(C)c2)cc1. The zero-order chi connectivity index (χ0) is 17.5. The zero-order valence-corrected chi connectivity index (χ0v) is 14.8. The number of carbonyl (C=O) groups excluding carboxylic acids is 1. The first-order chi connectivity index (χ1) is 11.5. The maximum absolute atomic E-state index is 12.1. The van der Waals surface area contributed by atoms with Gasteiger partial charge in [-0.25, -0.2) is 0 Å². The average molecular weight is 327 g/mol. The summed E-state index contributed by atoms with van der Waals surface area (Å²) in [6.07, 6.45) is 0. The third kappa shape index (κ3) is 5.01. The molecule has 2 aromatic carbocycles. The Morgan fingerprint density at radius 2 is 1.62 bits per heavy atom. The van der Waals surface area contributed by atoms with Gasteiger partial charge in [-0.3, -0.25) is 4.79 Å². The maximum Gasteiger partial charge on any atom is 0.258 e. The lowest BCUT2D eigenvalue weighted by molar-refractivity contribution is -0.123. The summed E-state index contributed by atoms with van der Waals surface area (Å²) in [6.45, 7) is 8.67. The van der Waals surface area contributed by atoms with E-state index in [1.165, 1.54) is 11.1 Å². The smallest absolute Gasteiger partial charge is 0.258 e. The topological polar surface area (TPSA) is 47.6 Å². The molecule has 128 valence electrons. The normalized spacial score (nSPS) is 11.7. The first kappa shape index (κ1) is 17.9. The van der Waals surface area contributed by atoms with Crippen LogP contribution >= 0.6 is 0 Å². The number of nitrogens with one attached hydrogen (secondary N) is 1. The summed E-state index contributed by atoms with van der Waals surface area (Å²) >= 11 is 0. The molecule has 2 rings (SSSR count). The molecule has 0 aromatic heterocycles. The molecule has 4 nitrogen and oxygen atoms in total. The van der Waals surface area contributed by atoms with Crippen LogP contribution in [-0.4, -0.2) is 19.1 Å². The molecular formula is C20H25NO3. The van der Waals surface area contributed by atoms with Crippen molar-refractivity contribution >= 4 is 5.91 Å². The van der Waals surface area contributed by atoms with E-state index in [4.69, 9.17) is 9.47 Å². The van der Waals surface area contributed by atoms with Crippen molar-refractivity contribution in [1.82, 2.24) is 5.32 Å². The van der Waals surface area contributed by atoms with Crippen LogP contribution in [0.2, 0.25) is 0 Å². The van der Waals surface area contributed by atoms with Crippen molar-refractivity contribution in [3.05, 3.63) is 59.2 Å². The first-order valence-electron chi connectivity index (χ1n) is 8.21. The van der Waals surface area contributed by atoms with Crippen molar-refractivity contribution in [3.63, 3.8) is 0 Å². The van der Waals surface area contributed by atoms with Crippen molar-refractivity contribution in [2.24, 2.45) is 0 Å². The quantitative estimate of drug-likeness (QED) is 0.837. The minimum atomic E-state index is -0.144. The van der Waals surface area contributed by atoms with Crippen LogP contribution in [0.1, 0.15) is 36.6 Å². The van der Waals surface area contributed by atoms with E-state index in [1.54, 1.807) is 12.1 Å². The van der Waals surface area contributed by atoms with Gasteiger partial charge in [-0.15, -0.1) is 0 Å². The number of aryl methyl sites for hydroxylation is 2. The van der Waals surface area contributed by atoms with Gasteiger partial charge in [-0.2, -0.15) is 0 Å². The molecule has 0 radical (unpaired) electrons. The van der Waals surface area contributed by atoms with E-state index in [2.05, 4.69) is 31.3 Å². The molecule has 0 heterocycles. The van der Waals surface area contributed by atoms with Gasteiger partial charge in [0, 0.05) is 0 Å². The van der Waals surface area contributed by atoms with Crippen LogP contribution in [0.15, 0.2) is 42.5 Å². The molecular weight excluding hydrogens is 302 g/mol. The molecule has 0 aliphatic carbocycles. The van der Waals surface area contributed by atoms with E-state index in [9.17, 15) is 4.79 Å². The standard InChI is InChI=1S/C20H25NO3/c1-5-23-18-8-10-19(11-9-18)24-13-20(22)21-16(4)17-7-6-14(2)15(3)12-17/h6-12,16H,5,13H2,1-4H3,(H,21,22). The van der Waals surface area contributed by atoms with Crippen LogP contribution < -0.4 is 14.8 Å². The highest BCUT2D eigenvalue weighted by molar-refractivity contribution is 5.78. The summed E-state index contributed by atoms with van der Waals surface area (Å²) in [7, 11) is 0. The number of hydrogen-bond donors (Lipinski definition) is 1. The van der Waals surface area contributed by atoms with Gasteiger partial charge in [0.25, 0.3) is 5.91 Å². The number of carbonyl (C=O) groups is 1. The van der Waals surface area contributed by atoms with Gasteiger partial charge in [-0.1, -0.05) is 18.2 Å². The van der Waals surface area contributed by atoms with Crippen molar-refractivity contribution < 1.29 is 14.3 Å². The Morgan fingerprint density at radius 3 is 2.21 bits per heavy atom. The average Bonchev–Trinajstić information content (AvgIpc) is 2.57. The minimum absolute atomic E-state index is 0.0107. The summed E-state index contributed by atoms with van der Waals surface area (Å²) in [5.41, 5.74) is 3.56. The predicted octanol–water partition coefficient (Wildman–Crippen LogP) is 3.96. The van der Waals surface area contributed by atoms with Gasteiger partial charge >= 0.3 is 0 Å². The van der Waals surface area contributed by atoms with Crippen LogP contribution in [0.4, 0.5) is 0 Å². The Kier molecular flexibility index (Phi) is 6.24. The molecule has 0 bridgehead atoms. The van der Waals surface area contributed by atoms with Gasteiger partial charge in [0.2, 0.25) is 0 Å². The van der Waals surface area contributed by atoms with E-state index in [1.807, 2.05) is 32.0 Å². The third-order valence-electron chi connectivity index (χ3n) is 3.91. The Morgan fingerprint density at radius 1 is 1.00 bits per heavy atom. The summed E-state index contributed by atoms with van der Waals surface area (Å²) in [4.78, 5) is 12.1. The molecule has 0 saturated carbocycles. The number of amides is 1. The Balaban J connectivity index is 1.84. The van der Waals surface area contributed by atoms with Gasteiger partial charge < -0.3 is 14.8 Å². The number of rotatable bonds is 7. The Bertz CT molecular complexity index is 680. The first-order valence-corrected chi connectivity index (χ1v) is 8.21. The second-order valence-corrected chi connectivity index (χ2v) is 5.83. The minimum Gasteiger partial charge on any atom is -0.494 e. The molecule has 0 spiro atoms. The molecule has 24 heavy (non-hydrogen) atoms. The van der Waals surface area contributed by atoms with Crippen LogP contribution in [0, 0.1) is 13.8 Å². The van der Waals surface area contributed by atoms with E-state index >= 15 is 0 Å². The lowest BCUT2D eigenvalue weighted by Crippen LogP contribution is -2.31. The zero-order valence-electron chi connectivity index (χ0n) is 14.8. The van der Waals surface area contributed by atoms with Gasteiger partial charge in [-0.05, 0) is 68.7 Å². The molecule has 0 saturated heterocycles. The lowest BCUT2D eigenvalue weighted by atomic mass is 10.0. The van der Waals surface area contributed by atoms with Crippen LogP contribution in [0.3, 0.4) is 0 Å². The fourth-order valence-electron chi connectivity index (χ4n) is 2.35. The van der Waals surface area contributed by atoms with E-state index in [0.717, 1.165) is 11.3 Å². The van der Waals surface area contributed by atoms with Gasteiger partial charge in [0.15, 0.2) is 6.61 Å². The predicted molar refractivity (Wildman–Crippen MR) is 95.6 cm³/mol. The largest absolute Gasteiger partial charge is 0.494 e. The third-order valence-corrected chi connectivity index (χ3v) is 3.91. The Labute approximate surface area is 143 Å². The van der Waals surface area contributed by atoms with Crippen molar-refractivity contribution in [3.8, 4) is 11.5 Å². The second kappa shape index (κ2) is 8.39. The highest BCUT2D eigenvalue weighted by atomic mass is 16.5. The second-order valence-electron chi connectivity index (χ2n) is 5.83. The number of ether oxygens (including phenoxy) is 2. The molecule has 0 aliphatic heterocycles. The summed E-state index contributed by atoms with van der Waals surface area (Å²) in [5.74, 6) is 1.29. The van der Waals surface area contributed by atoms with Gasteiger partial charge in [0.05, 0.1) is 12.6 Å². The molecule has 0 aliphatic rings. The van der Waals surface area contributed by atoms with E-state index < -0.39 is 0 Å². The van der Waals surface area contributed by atoms with Gasteiger partial charge in [0.1, 0.15) is 11.5 Å². The molecule has 0 fully saturated rings. The fourth-order valence-corrected chi connectivity index (χ4v) is 2.35. The van der Waals surface area contributed by atoms with Crippen molar-refractivity contribution in [2.75, 3.05) is 13.2 Å². The lowest BCUT2D eigenvalue weighted by Gasteiger charge is -2.16. The highest BCUT2D eigenvalue weighted by Crippen LogP contribution is 2.18. The summed E-state index contributed by atoms with van der Waals surface area (Å²) < 4.78 is 10.9. The van der Waals surface area contributed by atoms with E-state index in [-0.39, 0.29) is 18.6 Å². The van der Waals surface area contributed by atoms with Crippen molar-refractivity contribution in [1.29, 1.82) is 0 Å². The summed E-state index contributed by atoms with van der Waals surface area (Å²) in [6, 6.07) is 13.4. The highest BCUT2D eigenvalue weighted by Gasteiger charge is 2.11. The molecule has 2 aromatic rings. The molecule has 4 heteroatoms.